The van der Waals surface area contributed by atoms with Gasteiger partial charge in [-0.3, -0.25) is 9.98 Å². The molecular formula is C8H12N2. The maximum Gasteiger partial charge on any atom is 0.0592 e. The normalized spacial score (nSPS) is 50.2. The number of hydrogen-bond acceptors (Lipinski definition) is 2. The second-order valence-electron chi connectivity index (χ2n) is 3.30. The van der Waals surface area contributed by atoms with Gasteiger partial charge in [-0.05, 0) is 0 Å². The minimum Gasteiger partial charge on any atom is -0.288 e. The summed E-state index contributed by atoms with van der Waals surface area (Å²) in [5.41, 5.74) is 0. The van der Waals surface area contributed by atoms with Gasteiger partial charge in [0.15, 0.2) is 0 Å². The summed E-state index contributed by atoms with van der Waals surface area (Å²) < 4.78 is 0. The highest BCUT2D eigenvalue weighted by Crippen LogP contribution is 2.39. The summed E-state index contributed by atoms with van der Waals surface area (Å²) in [6, 6.07) is 1.10. The first-order valence-electron chi connectivity index (χ1n) is 3.85. The monoisotopic (exact) mass is 136 g/mol. The van der Waals surface area contributed by atoms with Crippen molar-refractivity contribution in [3.8, 4) is 0 Å². The van der Waals surface area contributed by atoms with Crippen molar-refractivity contribution in [2.45, 2.75) is 25.9 Å². The Bertz CT molecular complexity index is 165. The zero-order valence-corrected chi connectivity index (χ0v) is 6.36. The minimum absolute atomic E-state index is 0.549. The Labute approximate surface area is 61.1 Å². The zero-order chi connectivity index (χ0) is 7.14. The molecule has 0 aromatic rings. The average Bonchev–Trinajstić information content (AvgIpc) is 2.22. The van der Waals surface area contributed by atoms with Crippen LogP contribution in [0.1, 0.15) is 13.8 Å². The lowest BCUT2D eigenvalue weighted by Crippen LogP contribution is -2.49. The van der Waals surface area contributed by atoms with Crippen LogP contribution in [0.15, 0.2) is 9.98 Å². The highest BCUT2D eigenvalue weighted by Gasteiger charge is 2.45. The fourth-order valence-corrected chi connectivity index (χ4v) is 2.03. The highest BCUT2D eigenvalue weighted by molar-refractivity contribution is 6.16. The van der Waals surface area contributed by atoms with Crippen molar-refractivity contribution < 1.29 is 0 Å². The lowest BCUT2D eigenvalue weighted by Gasteiger charge is -2.43. The Balaban J connectivity index is 2.27. The van der Waals surface area contributed by atoms with Crippen LogP contribution >= 0.6 is 0 Å². The molecular weight excluding hydrogens is 124 g/mol. The first kappa shape index (κ1) is 6.08. The molecule has 2 heterocycles. The molecule has 0 unspecified atom stereocenters. The molecule has 2 nitrogen and oxygen atoms in total. The topological polar surface area (TPSA) is 24.7 Å². The van der Waals surface area contributed by atoms with Crippen LogP contribution in [0.2, 0.25) is 0 Å². The standard InChI is InChI=1S/C8H12N2/c1-5-7-6(2)8(5)10-4-3-9-7/h3-8H,1-2H3. The molecule has 54 valence electrons. The van der Waals surface area contributed by atoms with E-state index in [0.29, 0.717) is 23.9 Å². The summed E-state index contributed by atoms with van der Waals surface area (Å²) in [5, 5.41) is 0. The molecule has 2 bridgehead atoms. The third-order valence-corrected chi connectivity index (χ3v) is 2.74. The second kappa shape index (κ2) is 1.91. The average molecular weight is 136 g/mol. The van der Waals surface area contributed by atoms with Gasteiger partial charge in [0.1, 0.15) is 0 Å². The molecule has 0 radical (unpaired) electrons. The summed E-state index contributed by atoms with van der Waals surface area (Å²) in [6.07, 6.45) is 3.68. The van der Waals surface area contributed by atoms with Gasteiger partial charge >= 0.3 is 0 Å². The number of aliphatic imine (C=N–C) groups is 2. The molecule has 0 saturated heterocycles. The molecule has 3 aliphatic rings. The number of rotatable bonds is 0. The third-order valence-electron chi connectivity index (χ3n) is 2.74. The van der Waals surface area contributed by atoms with Crippen LogP contribution in [0.5, 0.6) is 0 Å². The van der Waals surface area contributed by atoms with E-state index in [9.17, 15) is 0 Å². The molecule has 0 atom stereocenters. The van der Waals surface area contributed by atoms with Crippen molar-refractivity contribution in [1.82, 2.24) is 0 Å². The third kappa shape index (κ3) is 0.591. The van der Waals surface area contributed by atoms with Crippen molar-refractivity contribution in [3.63, 3.8) is 0 Å². The smallest absolute Gasteiger partial charge is 0.0592 e. The van der Waals surface area contributed by atoms with Gasteiger partial charge in [0, 0.05) is 24.3 Å². The Morgan fingerprint density at radius 2 is 1.30 bits per heavy atom. The fraction of sp³-hybridized carbons (Fsp3) is 0.750. The fourth-order valence-electron chi connectivity index (χ4n) is 2.03. The van der Waals surface area contributed by atoms with E-state index in [1.807, 2.05) is 12.4 Å². The van der Waals surface area contributed by atoms with Gasteiger partial charge in [-0.2, -0.15) is 0 Å². The van der Waals surface area contributed by atoms with E-state index in [1.165, 1.54) is 0 Å². The molecule has 0 aromatic carbocycles. The van der Waals surface area contributed by atoms with Crippen LogP contribution in [0.3, 0.4) is 0 Å². The Morgan fingerprint density at radius 1 is 0.900 bits per heavy atom. The molecule has 0 spiro atoms. The summed E-state index contributed by atoms with van der Waals surface area (Å²) in [6.45, 7) is 4.46. The summed E-state index contributed by atoms with van der Waals surface area (Å²) >= 11 is 0. The van der Waals surface area contributed by atoms with Crippen LogP contribution in [-0.2, 0) is 0 Å². The molecule has 1 aliphatic carbocycles. The molecule has 1 fully saturated rings. The van der Waals surface area contributed by atoms with Crippen LogP contribution < -0.4 is 0 Å². The van der Waals surface area contributed by atoms with Crippen molar-refractivity contribution in [3.05, 3.63) is 0 Å². The van der Waals surface area contributed by atoms with Crippen molar-refractivity contribution in [1.29, 1.82) is 0 Å². The van der Waals surface area contributed by atoms with Crippen LogP contribution in [-0.4, -0.2) is 24.5 Å². The Hall–Kier alpha value is -0.660. The SMILES string of the molecule is CC1C2N=CC=NC1C2C. The number of hydrogen-bond donors (Lipinski definition) is 0. The van der Waals surface area contributed by atoms with E-state index in [4.69, 9.17) is 0 Å². The molecule has 3 rings (SSSR count). The van der Waals surface area contributed by atoms with Crippen LogP contribution in [0.4, 0.5) is 0 Å². The molecule has 0 N–H and O–H groups in total. The van der Waals surface area contributed by atoms with Gasteiger partial charge in [-0.25, -0.2) is 0 Å². The maximum absolute atomic E-state index is 4.38. The molecule has 2 aliphatic heterocycles. The highest BCUT2D eigenvalue weighted by atomic mass is 15.0. The summed E-state index contributed by atoms with van der Waals surface area (Å²) in [4.78, 5) is 8.75. The van der Waals surface area contributed by atoms with Gasteiger partial charge in [-0.15, -0.1) is 0 Å². The van der Waals surface area contributed by atoms with Crippen molar-refractivity contribution in [2.24, 2.45) is 21.8 Å². The molecule has 2 heteroatoms. The van der Waals surface area contributed by atoms with Gasteiger partial charge in [0.05, 0.1) is 12.1 Å². The van der Waals surface area contributed by atoms with Gasteiger partial charge in [-0.1, -0.05) is 13.8 Å². The van der Waals surface area contributed by atoms with E-state index in [1.54, 1.807) is 0 Å². The molecule has 0 amide bonds. The Morgan fingerprint density at radius 3 is 1.70 bits per heavy atom. The van der Waals surface area contributed by atoms with Crippen LogP contribution in [0.25, 0.3) is 0 Å². The van der Waals surface area contributed by atoms with E-state index in [-0.39, 0.29) is 0 Å². The quantitative estimate of drug-likeness (QED) is 0.477. The molecule has 0 aromatic heterocycles. The minimum atomic E-state index is 0.549. The predicted molar refractivity (Wildman–Crippen MR) is 42.9 cm³/mol. The first-order valence-corrected chi connectivity index (χ1v) is 3.85. The zero-order valence-electron chi connectivity index (χ0n) is 6.36. The predicted octanol–water partition coefficient (Wildman–Crippen LogP) is 1.16. The van der Waals surface area contributed by atoms with Gasteiger partial charge in [0.2, 0.25) is 0 Å². The lowest BCUT2D eigenvalue weighted by atomic mass is 9.68. The van der Waals surface area contributed by atoms with E-state index in [2.05, 4.69) is 23.8 Å². The van der Waals surface area contributed by atoms with E-state index in [0.717, 1.165) is 0 Å². The van der Waals surface area contributed by atoms with Crippen molar-refractivity contribution >= 4 is 12.4 Å². The van der Waals surface area contributed by atoms with E-state index >= 15 is 0 Å². The Kier molecular flexibility index (Phi) is 1.16. The molecule has 10 heavy (non-hydrogen) atoms. The lowest BCUT2D eigenvalue weighted by molar-refractivity contribution is 0.141. The van der Waals surface area contributed by atoms with E-state index < -0.39 is 0 Å². The molecule has 1 saturated carbocycles. The number of nitrogens with zero attached hydrogens (tertiary/aromatic N) is 2. The van der Waals surface area contributed by atoms with Crippen molar-refractivity contribution in [2.75, 3.05) is 0 Å². The number of fused-ring (bicyclic) bond motifs is 1. The van der Waals surface area contributed by atoms with Gasteiger partial charge < -0.3 is 0 Å². The maximum atomic E-state index is 4.38. The largest absolute Gasteiger partial charge is 0.288 e. The first-order chi connectivity index (χ1) is 4.80. The summed E-state index contributed by atoms with van der Waals surface area (Å²) in [7, 11) is 0. The second-order valence-corrected chi connectivity index (χ2v) is 3.30. The van der Waals surface area contributed by atoms with Crippen LogP contribution in [0, 0.1) is 11.8 Å². The summed E-state index contributed by atoms with van der Waals surface area (Å²) in [5.74, 6) is 1.34. The van der Waals surface area contributed by atoms with Gasteiger partial charge in [0.25, 0.3) is 0 Å².